The minimum Gasteiger partial charge on any atom is -0.384 e. The van der Waals surface area contributed by atoms with E-state index in [0.29, 0.717) is 18.8 Å². The van der Waals surface area contributed by atoms with Crippen LogP contribution in [0.5, 0.6) is 0 Å². The van der Waals surface area contributed by atoms with Gasteiger partial charge >= 0.3 is 0 Å². The molecule has 0 bridgehead atoms. The summed E-state index contributed by atoms with van der Waals surface area (Å²) in [6, 6.07) is 1.70. The molecule has 7 heteroatoms. The Balaban J connectivity index is 2.09. The molecule has 0 atom stereocenters. The molecule has 0 aromatic carbocycles. The van der Waals surface area contributed by atoms with E-state index >= 15 is 0 Å². The molecule has 0 radical (unpaired) electrons. The van der Waals surface area contributed by atoms with Gasteiger partial charge in [0.2, 0.25) is 10.0 Å². The minimum atomic E-state index is -3.50. The predicted octanol–water partition coefficient (Wildman–Crippen LogP) is 1.23. The fourth-order valence-electron chi connectivity index (χ4n) is 2.50. The van der Waals surface area contributed by atoms with Gasteiger partial charge in [-0.05, 0) is 38.9 Å². The van der Waals surface area contributed by atoms with Crippen molar-refractivity contribution in [2.45, 2.75) is 24.7 Å². The van der Waals surface area contributed by atoms with Gasteiger partial charge in [0.1, 0.15) is 4.90 Å². The fraction of sp³-hybridized carbons (Fsp3) is 0.643. The summed E-state index contributed by atoms with van der Waals surface area (Å²) < 4.78 is 26.7. The molecule has 0 unspecified atom stereocenters. The van der Waals surface area contributed by atoms with Crippen LogP contribution in [0.2, 0.25) is 0 Å². The largest absolute Gasteiger partial charge is 0.384 e. The number of nitrogens with zero attached hydrogens (tertiary/aromatic N) is 3. The number of pyridine rings is 1. The summed E-state index contributed by atoms with van der Waals surface area (Å²) in [7, 11) is -1.87. The Bertz CT molecular complexity index is 556. The average Bonchev–Trinajstić information content (AvgIpc) is 2.98. The van der Waals surface area contributed by atoms with Crippen molar-refractivity contribution in [1.82, 2.24) is 14.2 Å². The summed E-state index contributed by atoms with van der Waals surface area (Å²) in [5, 5.41) is 3.08. The Kier molecular flexibility index (Phi) is 5.55. The highest BCUT2D eigenvalue weighted by Gasteiger charge is 2.25. The lowest BCUT2D eigenvalue weighted by molar-refractivity contribution is 0.310. The van der Waals surface area contributed by atoms with Crippen LogP contribution < -0.4 is 5.32 Å². The van der Waals surface area contributed by atoms with Crippen LogP contribution >= 0.6 is 0 Å². The van der Waals surface area contributed by atoms with Gasteiger partial charge in [0.15, 0.2) is 0 Å². The van der Waals surface area contributed by atoms with Gasteiger partial charge in [-0.1, -0.05) is 0 Å². The quantitative estimate of drug-likeness (QED) is 0.820. The number of aromatic nitrogens is 1. The van der Waals surface area contributed by atoms with Crippen LogP contribution in [0.3, 0.4) is 0 Å². The van der Waals surface area contributed by atoms with Crippen LogP contribution in [-0.4, -0.2) is 62.4 Å². The van der Waals surface area contributed by atoms with Gasteiger partial charge in [-0.15, -0.1) is 0 Å². The molecule has 21 heavy (non-hydrogen) atoms. The van der Waals surface area contributed by atoms with Crippen LogP contribution in [0.15, 0.2) is 23.4 Å². The second-order valence-corrected chi connectivity index (χ2v) is 7.29. The van der Waals surface area contributed by atoms with Crippen molar-refractivity contribution in [3.05, 3.63) is 18.5 Å². The van der Waals surface area contributed by atoms with Crippen LogP contribution in [0.1, 0.15) is 19.8 Å². The van der Waals surface area contributed by atoms with Crippen LogP contribution in [-0.2, 0) is 10.0 Å². The van der Waals surface area contributed by atoms with Crippen LogP contribution in [0, 0.1) is 0 Å². The predicted molar refractivity (Wildman–Crippen MR) is 83.9 cm³/mol. The van der Waals surface area contributed by atoms with Gasteiger partial charge in [-0.2, -0.15) is 4.31 Å². The number of likely N-dealkylation sites (tertiary alicyclic amines) is 1. The highest BCUT2D eigenvalue weighted by atomic mass is 32.2. The zero-order valence-electron chi connectivity index (χ0n) is 12.7. The number of anilines is 1. The van der Waals surface area contributed by atoms with Gasteiger partial charge in [0, 0.05) is 39.1 Å². The van der Waals surface area contributed by atoms with Crippen LogP contribution in [0.4, 0.5) is 5.69 Å². The number of rotatable bonds is 7. The minimum absolute atomic E-state index is 0.246. The zero-order chi connectivity index (χ0) is 15.3. The third kappa shape index (κ3) is 3.93. The highest BCUT2D eigenvalue weighted by Crippen LogP contribution is 2.22. The maximum Gasteiger partial charge on any atom is 0.246 e. The maximum atomic E-state index is 12.7. The first-order chi connectivity index (χ1) is 10.1. The molecule has 0 spiro atoms. The number of likely N-dealkylation sites (N-methyl/N-ethyl adjacent to an activating group) is 1. The molecule has 1 aromatic rings. The molecule has 0 amide bonds. The monoisotopic (exact) mass is 312 g/mol. The molecular formula is C14H24N4O2S. The summed E-state index contributed by atoms with van der Waals surface area (Å²) in [6.45, 7) is 6.04. The first-order valence-corrected chi connectivity index (χ1v) is 8.86. The maximum absolute atomic E-state index is 12.7. The summed E-state index contributed by atoms with van der Waals surface area (Å²) in [6.07, 6.45) is 5.44. The number of hydrogen-bond acceptors (Lipinski definition) is 5. The molecule has 1 saturated heterocycles. The van der Waals surface area contributed by atoms with E-state index in [9.17, 15) is 8.42 Å². The highest BCUT2D eigenvalue weighted by molar-refractivity contribution is 7.89. The van der Waals surface area contributed by atoms with Crippen molar-refractivity contribution in [2.75, 3.05) is 45.1 Å². The standard InChI is InChI=1S/C14H24N4O2S/c1-3-16-13-6-7-15-12-14(13)21(19,20)17(2)10-11-18-8-4-5-9-18/h6-7,12H,3-5,8-11H2,1-2H3,(H,15,16). The van der Waals surface area contributed by atoms with E-state index in [2.05, 4.69) is 15.2 Å². The summed E-state index contributed by atoms with van der Waals surface area (Å²) in [5.41, 5.74) is 0.612. The van der Waals surface area contributed by atoms with Gasteiger partial charge in [-0.3, -0.25) is 4.98 Å². The Labute approximate surface area is 127 Å². The lowest BCUT2D eigenvalue weighted by atomic mass is 10.4. The molecule has 2 heterocycles. The van der Waals surface area contributed by atoms with Gasteiger partial charge in [0.05, 0.1) is 5.69 Å². The van der Waals surface area contributed by atoms with Crippen molar-refractivity contribution in [3.8, 4) is 0 Å². The number of hydrogen-bond donors (Lipinski definition) is 1. The van der Waals surface area contributed by atoms with E-state index in [0.717, 1.165) is 19.6 Å². The van der Waals surface area contributed by atoms with Gasteiger partial charge in [0.25, 0.3) is 0 Å². The van der Waals surface area contributed by atoms with E-state index in [-0.39, 0.29) is 4.90 Å². The smallest absolute Gasteiger partial charge is 0.246 e. The molecule has 1 aliphatic rings. The van der Waals surface area contributed by atoms with Crippen molar-refractivity contribution < 1.29 is 8.42 Å². The van der Waals surface area contributed by atoms with Crippen molar-refractivity contribution in [3.63, 3.8) is 0 Å². The molecule has 0 saturated carbocycles. The molecular weight excluding hydrogens is 288 g/mol. The Morgan fingerprint density at radius 1 is 1.38 bits per heavy atom. The molecule has 6 nitrogen and oxygen atoms in total. The number of sulfonamides is 1. The third-order valence-electron chi connectivity index (χ3n) is 3.77. The Hall–Kier alpha value is -1.18. The topological polar surface area (TPSA) is 65.5 Å². The normalized spacial score (nSPS) is 16.5. The van der Waals surface area contributed by atoms with E-state index in [1.807, 2.05) is 6.92 Å². The first kappa shape index (κ1) is 16.2. The van der Waals surface area contributed by atoms with E-state index in [1.165, 1.54) is 23.3 Å². The summed E-state index contributed by atoms with van der Waals surface area (Å²) in [4.78, 5) is 6.51. The third-order valence-corrected chi connectivity index (χ3v) is 5.65. The van der Waals surface area contributed by atoms with E-state index < -0.39 is 10.0 Å². The lowest BCUT2D eigenvalue weighted by Crippen LogP contribution is -2.35. The molecule has 1 N–H and O–H groups in total. The average molecular weight is 312 g/mol. The number of nitrogens with one attached hydrogen (secondary N) is 1. The second-order valence-electron chi connectivity index (χ2n) is 5.28. The SMILES string of the molecule is CCNc1ccncc1S(=O)(=O)N(C)CCN1CCCC1. The van der Waals surface area contributed by atoms with Crippen molar-refractivity contribution >= 4 is 15.7 Å². The summed E-state index contributed by atoms with van der Waals surface area (Å²) >= 11 is 0. The molecule has 118 valence electrons. The van der Waals surface area contributed by atoms with Crippen molar-refractivity contribution in [1.29, 1.82) is 0 Å². The fourth-order valence-corrected chi connectivity index (χ4v) is 3.77. The second kappa shape index (κ2) is 7.20. The summed E-state index contributed by atoms with van der Waals surface area (Å²) in [5.74, 6) is 0. The Morgan fingerprint density at radius 3 is 2.76 bits per heavy atom. The molecule has 1 fully saturated rings. The molecule has 2 rings (SSSR count). The van der Waals surface area contributed by atoms with Crippen molar-refractivity contribution in [2.24, 2.45) is 0 Å². The zero-order valence-corrected chi connectivity index (χ0v) is 13.6. The van der Waals surface area contributed by atoms with E-state index in [1.54, 1.807) is 19.3 Å². The van der Waals surface area contributed by atoms with E-state index in [4.69, 9.17) is 0 Å². The lowest BCUT2D eigenvalue weighted by Gasteiger charge is -2.22. The van der Waals surface area contributed by atoms with Crippen LogP contribution in [0.25, 0.3) is 0 Å². The van der Waals surface area contributed by atoms with Gasteiger partial charge < -0.3 is 10.2 Å². The molecule has 0 aliphatic carbocycles. The van der Waals surface area contributed by atoms with Gasteiger partial charge in [-0.25, -0.2) is 8.42 Å². The Morgan fingerprint density at radius 2 is 2.10 bits per heavy atom. The molecule has 1 aliphatic heterocycles. The molecule has 1 aromatic heterocycles. The first-order valence-electron chi connectivity index (χ1n) is 7.42.